The van der Waals surface area contributed by atoms with Gasteiger partial charge in [-0.3, -0.25) is 4.90 Å². The number of benzene rings is 1. The molecular weight excluding hydrogens is 502 g/mol. The second-order valence-corrected chi connectivity index (χ2v) is 12.3. The molecule has 5 aliphatic heterocycles. The van der Waals surface area contributed by atoms with E-state index < -0.39 is 18.1 Å². The first kappa shape index (κ1) is 25.4. The van der Waals surface area contributed by atoms with Gasteiger partial charge in [0, 0.05) is 55.7 Å². The molecule has 5 atom stereocenters. The fraction of sp³-hybridized carbons (Fsp3) is 0.655. The number of nitrogens with one attached hydrogen (secondary N) is 1. The number of fused-ring (bicyclic) bond motifs is 4. The molecule has 2 bridgehead atoms. The molecule has 7 rings (SSSR count). The number of aryl methyl sites for hydroxylation is 1. The van der Waals surface area contributed by atoms with Crippen molar-refractivity contribution in [3.05, 3.63) is 39.8 Å². The van der Waals surface area contributed by atoms with Crippen LogP contribution in [0.25, 0.3) is 0 Å². The maximum Gasteiger partial charge on any atom is 0.318 e. The van der Waals surface area contributed by atoms with Gasteiger partial charge in [0.2, 0.25) is 0 Å². The number of nitrogen functional groups attached to an aromatic ring is 1. The van der Waals surface area contributed by atoms with Gasteiger partial charge in [0.05, 0.1) is 29.6 Å². The third-order valence-corrected chi connectivity index (χ3v) is 9.78. The highest BCUT2D eigenvalue weighted by Gasteiger charge is 2.49. The average molecular weight is 541 g/mol. The van der Waals surface area contributed by atoms with Crippen LogP contribution < -0.4 is 20.7 Å². The van der Waals surface area contributed by atoms with Crippen molar-refractivity contribution in [3.63, 3.8) is 0 Å². The van der Waals surface area contributed by atoms with Crippen molar-refractivity contribution in [1.29, 1.82) is 0 Å². The number of alkyl halides is 1. The molecule has 210 valence electrons. The van der Waals surface area contributed by atoms with Crippen LogP contribution in [0.4, 0.5) is 20.3 Å². The quantitative estimate of drug-likeness (QED) is 0.557. The van der Waals surface area contributed by atoms with Crippen molar-refractivity contribution in [2.24, 2.45) is 0 Å². The van der Waals surface area contributed by atoms with Crippen molar-refractivity contribution in [1.82, 2.24) is 20.2 Å². The highest BCUT2D eigenvalue weighted by Crippen LogP contribution is 2.42. The number of rotatable bonds is 5. The fourth-order valence-electron chi connectivity index (χ4n) is 7.68. The summed E-state index contributed by atoms with van der Waals surface area (Å²) in [4.78, 5) is 14.4. The van der Waals surface area contributed by atoms with Crippen LogP contribution in [0.15, 0.2) is 6.07 Å². The van der Waals surface area contributed by atoms with E-state index in [1.54, 1.807) is 6.07 Å². The molecule has 0 amide bonds. The molecule has 8 nitrogen and oxygen atoms in total. The molecule has 1 aromatic carbocycles. The largest absolute Gasteiger partial charge is 0.461 e. The Kier molecular flexibility index (Phi) is 6.20. The Labute approximate surface area is 228 Å². The summed E-state index contributed by atoms with van der Waals surface area (Å²) in [5.41, 5.74) is 9.91. The van der Waals surface area contributed by atoms with Crippen LogP contribution in [0.5, 0.6) is 6.01 Å². The Morgan fingerprint density at radius 1 is 1.21 bits per heavy atom. The molecule has 0 aliphatic carbocycles. The van der Waals surface area contributed by atoms with Gasteiger partial charge < -0.3 is 25.4 Å². The lowest BCUT2D eigenvalue weighted by Crippen LogP contribution is -2.52. The van der Waals surface area contributed by atoms with Crippen molar-refractivity contribution in [3.8, 4) is 6.01 Å². The molecule has 0 saturated carbocycles. The van der Waals surface area contributed by atoms with Gasteiger partial charge >= 0.3 is 6.01 Å². The number of nitrogens with zero attached hydrogens (tertiary/aromatic N) is 4. The molecule has 2 aromatic rings. The highest BCUT2D eigenvalue weighted by molar-refractivity contribution is 5.54. The summed E-state index contributed by atoms with van der Waals surface area (Å²) in [6.07, 6.45) is 3.89. The van der Waals surface area contributed by atoms with E-state index in [1.165, 1.54) is 0 Å². The number of anilines is 2. The van der Waals surface area contributed by atoms with Crippen LogP contribution in [0.1, 0.15) is 66.2 Å². The molecule has 6 heterocycles. The first-order chi connectivity index (χ1) is 18.8. The molecule has 10 heteroatoms. The normalized spacial score (nSPS) is 31.9. The smallest absolute Gasteiger partial charge is 0.318 e. The van der Waals surface area contributed by atoms with Gasteiger partial charge in [-0.25, -0.2) is 8.78 Å². The summed E-state index contributed by atoms with van der Waals surface area (Å²) in [5, 5.41) is 3.68. The minimum Gasteiger partial charge on any atom is -0.461 e. The maximum absolute atomic E-state index is 15.3. The van der Waals surface area contributed by atoms with Crippen LogP contribution in [0, 0.1) is 19.7 Å². The van der Waals surface area contributed by atoms with Crippen LogP contribution in [0.2, 0.25) is 0 Å². The van der Waals surface area contributed by atoms with Crippen molar-refractivity contribution >= 4 is 11.5 Å². The predicted octanol–water partition coefficient (Wildman–Crippen LogP) is 3.52. The summed E-state index contributed by atoms with van der Waals surface area (Å²) < 4.78 is 42.3. The van der Waals surface area contributed by atoms with Crippen LogP contribution >= 0.6 is 0 Å². The van der Waals surface area contributed by atoms with Crippen LogP contribution in [0.3, 0.4) is 0 Å². The molecular formula is C29H38F2N6O2. The standard InChI is InChI=1S/C29H38F2N6O2/c1-16-8-22(32)26(31)25(17(16)2)24-9-23-21(14-38-24)27(36-12-19-4-5-20(13-36)33-19)35-28(34-23)39-15-29-6-3-7-37(29)11-18(30)10-29/h8,18-20,24,33H,3-7,9-15,32H2,1-2H3. The molecule has 0 spiro atoms. The number of hydrogen-bond acceptors (Lipinski definition) is 8. The minimum absolute atomic E-state index is 0.134. The summed E-state index contributed by atoms with van der Waals surface area (Å²) in [6, 6.07) is 2.87. The Bertz CT molecular complexity index is 1250. The van der Waals surface area contributed by atoms with Gasteiger partial charge in [-0.05, 0) is 63.3 Å². The Morgan fingerprint density at radius 3 is 2.79 bits per heavy atom. The van der Waals surface area contributed by atoms with E-state index in [4.69, 9.17) is 25.2 Å². The van der Waals surface area contributed by atoms with E-state index >= 15 is 4.39 Å². The summed E-state index contributed by atoms with van der Waals surface area (Å²) in [6.45, 7) is 7.64. The molecule has 1 aromatic heterocycles. The lowest BCUT2D eigenvalue weighted by atomic mass is 9.92. The predicted molar refractivity (Wildman–Crippen MR) is 144 cm³/mol. The Balaban J connectivity index is 1.23. The monoisotopic (exact) mass is 540 g/mol. The van der Waals surface area contributed by atoms with Crippen molar-refractivity contribution < 1.29 is 18.3 Å². The summed E-state index contributed by atoms with van der Waals surface area (Å²) in [7, 11) is 0. The summed E-state index contributed by atoms with van der Waals surface area (Å²) >= 11 is 0. The number of halogens is 2. The topological polar surface area (TPSA) is 88.8 Å². The van der Waals surface area contributed by atoms with E-state index in [2.05, 4.69) is 15.1 Å². The summed E-state index contributed by atoms with van der Waals surface area (Å²) in [5.74, 6) is 0.432. The number of aromatic nitrogens is 2. The average Bonchev–Trinajstić information content (AvgIpc) is 3.56. The van der Waals surface area contributed by atoms with E-state index in [9.17, 15) is 4.39 Å². The zero-order valence-electron chi connectivity index (χ0n) is 22.8. The van der Waals surface area contributed by atoms with Gasteiger partial charge in [-0.15, -0.1) is 0 Å². The Hall–Kier alpha value is -2.56. The zero-order valence-corrected chi connectivity index (χ0v) is 22.8. The number of ether oxygens (including phenoxy) is 2. The third-order valence-electron chi connectivity index (χ3n) is 9.78. The number of nitrogens with two attached hydrogens (primary N) is 1. The lowest BCUT2D eigenvalue weighted by molar-refractivity contribution is 0.0228. The molecule has 5 unspecified atom stereocenters. The first-order valence-corrected chi connectivity index (χ1v) is 14.4. The molecule has 4 saturated heterocycles. The third kappa shape index (κ3) is 4.35. The molecule has 39 heavy (non-hydrogen) atoms. The van der Waals surface area contributed by atoms with E-state index in [0.29, 0.717) is 56.3 Å². The minimum atomic E-state index is -0.817. The van der Waals surface area contributed by atoms with Crippen molar-refractivity contribution in [2.75, 3.05) is 43.4 Å². The number of hydrogen-bond donors (Lipinski definition) is 2. The van der Waals surface area contributed by atoms with Gasteiger partial charge in [0.15, 0.2) is 5.82 Å². The number of piperazine rings is 1. The highest BCUT2D eigenvalue weighted by atomic mass is 19.1. The van der Waals surface area contributed by atoms with Crippen LogP contribution in [-0.2, 0) is 17.8 Å². The van der Waals surface area contributed by atoms with E-state index in [-0.39, 0.29) is 11.2 Å². The van der Waals surface area contributed by atoms with Gasteiger partial charge in [0.1, 0.15) is 18.6 Å². The van der Waals surface area contributed by atoms with Gasteiger partial charge in [-0.2, -0.15) is 9.97 Å². The first-order valence-electron chi connectivity index (χ1n) is 14.4. The van der Waals surface area contributed by atoms with Gasteiger partial charge in [0.25, 0.3) is 0 Å². The second kappa shape index (κ2) is 9.52. The van der Waals surface area contributed by atoms with E-state index in [0.717, 1.165) is 73.5 Å². The fourth-order valence-corrected chi connectivity index (χ4v) is 7.68. The molecule has 5 aliphatic rings. The lowest BCUT2D eigenvalue weighted by Gasteiger charge is -2.37. The molecule has 4 fully saturated rings. The molecule has 3 N–H and O–H groups in total. The van der Waals surface area contributed by atoms with E-state index in [1.807, 2.05) is 13.8 Å². The van der Waals surface area contributed by atoms with Crippen LogP contribution in [-0.4, -0.2) is 71.4 Å². The van der Waals surface area contributed by atoms with Crippen molar-refractivity contribution in [2.45, 2.75) is 88.9 Å². The Morgan fingerprint density at radius 2 is 2.00 bits per heavy atom. The second-order valence-electron chi connectivity index (χ2n) is 12.3. The maximum atomic E-state index is 15.3. The SMILES string of the molecule is Cc1cc(N)c(F)c(C2Cc3nc(OCC45CCCN4CC(F)C5)nc(N4CC5CCC(C4)N5)c3CO2)c1C. The van der Waals surface area contributed by atoms with Gasteiger partial charge in [-0.1, -0.05) is 0 Å². The molecule has 0 radical (unpaired) electrons. The zero-order chi connectivity index (χ0) is 26.9.